The molecule has 0 saturated heterocycles. The SMILES string of the molecule is C=Cc1ccc2c(-c3ncc(P(c4ccccc4)c4ccccc4)cn3)nc3ccccc3c2c1C=C. The van der Waals surface area contributed by atoms with Gasteiger partial charge in [0, 0.05) is 33.9 Å². The number of pyridine rings is 1. The molecule has 6 rings (SSSR count). The van der Waals surface area contributed by atoms with Gasteiger partial charge in [0.15, 0.2) is 5.82 Å². The fourth-order valence-electron chi connectivity index (χ4n) is 4.82. The highest BCUT2D eigenvalue weighted by Crippen LogP contribution is 2.36. The van der Waals surface area contributed by atoms with Crippen LogP contribution in [0.3, 0.4) is 0 Å². The maximum atomic E-state index is 5.02. The van der Waals surface area contributed by atoms with Crippen molar-refractivity contribution in [3.8, 4) is 11.5 Å². The minimum Gasteiger partial charge on any atom is -0.244 e. The predicted octanol–water partition coefficient (Wildman–Crippen LogP) is 6.89. The zero-order valence-electron chi connectivity index (χ0n) is 20.3. The molecule has 0 aliphatic heterocycles. The summed E-state index contributed by atoms with van der Waals surface area (Å²) < 4.78 is 0. The van der Waals surface area contributed by atoms with E-state index >= 15 is 0 Å². The van der Waals surface area contributed by atoms with Crippen molar-refractivity contribution in [2.45, 2.75) is 0 Å². The lowest BCUT2D eigenvalue weighted by Crippen LogP contribution is -2.21. The number of fused-ring (bicyclic) bond motifs is 3. The van der Waals surface area contributed by atoms with Crippen molar-refractivity contribution in [1.82, 2.24) is 15.0 Å². The van der Waals surface area contributed by atoms with E-state index in [1.807, 2.05) is 54.9 Å². The number of benzene rings is 4. The molecule has 3 nitrogen and oxygen atoms in total. The van der Waals surface area contributed by atoms with Crippen LogP contribution in [0.25, 0.3) is 45.3 Å². The van der Waals surface area contributed by atoms with E-state index in [2.05, 4.69) is 79.9 Å². The average molecular weight is 494 g/mol. The Labute approximate surface area is 217 Å². The Morgan fingerprint density at radius 3 is 1.84 bits per heavy atom. The quantitative estimate of drug-likeness (QED) is 0.187. The molecule has 6 aromatic rings. The molecule has 0 radical (unpaired) electrons. The van der Waals surface area contributed by atoms with Gasteiger partial charge in [0.25, 0.3) is 0 Å². The fourth-order valence-corrected chi connectivity index (χ4v) is 7.00. The van der Waals surface area contributed by atoms with Crippen LogP contribution in [0.2, 0.25) is 0 Å². The van der Waals surface area contributed by atoms with Crippen molar-refractivity contribution >= 4 is 57.7 Å². The Hall–Kier alpha value is -4.46. The number of rotatable bonds is 6. The summed E-state index contributed by atoms with van der Waals surface area (Å²) in [4.78, 5) is 14.8. The molecule has 0 bridgehead atoms. The third-order valence-corrected chi connectivity index (χ3v) is 8.88. The number of nitrogens with zero attached hydrogens (tertiary/aromatic N) is 3. The second-order valence-electron chi connectivity index (χ2n) is 8.65. The predicted molar refractivity (Wildman–Crippen MR) is 159 cm³/mol. The molecule has 0 N–H and O–H groups in total. The maximum Gasteiger partial charge on any atom is 0.178 e. The van der Waals surface area contributed by atoms with Crippen molar-refractivity contribution in [1.29, 1.82) is 0 Å². The first-order valence-electron chi connectivity index (χ1n) is 12.1. The molecule has 4 aromatic carbocycles. The van der Waals surface area contributed by atoms with Gasteiger partial charge >= 0.3 is 0 Å². The fraction of sp³-hybridized carbons (Fsp3) is 0. The van der Waals surface area contributed by atoms with Gasteiger partial charge in [-0.15, -0.1) is 0 Å². The Morgan fingerprint density at radius 2 is 1.22 bits per heavy atom. The summed E-state index contributed by atoms with van der Waals surface area (Å²) >= 11 is 0. The van der Waals surface area contributed by atoms with Gasteiger partial charge in [-0.3, -0.25) is 0 Å². The van der Waals surface area contributed by atoms with Gasteiger partial charge in [-0.2, -0.15) is 0 Å². The van der Waals surface area contributed by atoms with Crippen LogP contribution in [0, 0.1) is 0 Å². The molecular weight excluding hydrogens is 469 g/mol. The highest BCUT2D eigenvalue weighted by molar-refractivity contribution is 7.79. The van der Waals surface area contributed by atoms with Crippen LogP contribution in [0.5, 0.6) is 0 Å². The minimum absolute atomic E-state index is 0.608. The average Bonchev–Trinajstić information content (AvgIpc) is 2.97. The molecule has 0 atom stereocenters. The zero-order chi connectivity index (χ0) is 25.2. The number of hydrogen-bond acceptors (Lipinski definition) is 3. The molecule has 0 aliphatic rings. The van der Waals surface area contributed by atoms with E-state index in [1.54, 1.807) is 0 Å². The molecule has 2 aromatic heterocycles. The molecule has 0 unspecified atom stereocenters. The van der Waals surface area contributed by atoms with E-state index in [9.17, 15) is 0 Å². The zero-order valence-corrected chi connectivity index (χ0v) is 21.1. The van der Waals surface area contributed by atoms with Gasteiger partial charge in [-0.05, 0) is 35.7 Å². The molecule has 0 amide bonds. The van der Waals surface area contributed by atoms with Crippen LogP contribution in [-0.2, 0) is 0 Å². The first-order chi connectivity index (χ1) is 18.3. The largest absolute Gasteiger partial charge is 0.244 e. The van der Waals surface area contributed by atoms with Crippen LogP contribution >= 0.6 is 7.92 Å². The van der Waals surface area contributed by atoms with Gasteiger partial charge in [0.05, 0.1) is 5.52 Å². The Bertz CT molecular complexity index is 1710. The topological polar surface area (TPSA) is 38.7 Å². The number of hydrogen-bond donors (Lipinski definition) is 0. The van der Waals surface area contributed by atoms with Crippen molar-refractivity contribution in [3.05, 3.63) is 134 Å². The molecular formula is C33H24N3P. The molecule has 0 aliphatic carbocycles. The van der Waals surface area contributed by atoms with Crippen LogP contribution in [0.4, 0.5) is 0 Å². The Kier molecular flexibility index (Phi) is 6.14. The highest BCUT2D eigenvalue weighted by Gasteiger charge is 2.19. The van der Waals surface area contributed by atoms with Crippen LogP contribution in [0.1, 0.15) is 11.1 Å². The molecule has 37 heavy (non-hydrogen) atoms. The third kappa shape index (κ3) is 4.14. The summed E-state index contributed by atoms with van der Waals surface area (Å²) in [6.07, 6.45) is 7.69. The first-order valence-corrected chi connectivity index (χ1v) is 13.5. The lowest BCUT2D eigenvalue weighted by atomic mass is 9.94. The Balaban J connectivity index is 1.54. The summed E-state index contributed by atoms with van der Waals surface area (Å²) in [6, 6.07) is 33.5. The summed E-state index contributed by atoms with van der Waals surface area (Å²) in [5.41, 5.74) is 3.75. The van der Waals surface area contributed by atoms with E-state index in [4.69, 9.17) is 15.0 Å². The van der Waals surface area contributed by atoms with Crippen LogP contribution in [-0.4, -0.2) is 15.0 Å². The molecule has 0 fully saturated rings. The third-order valence-electron chi connectivity index (χ3n) is 6.50. The van der Waals surface area contributed by atoms with E-state index in [1.165, 1.54) is 10.6 Å². The van der Waals surface area contributed by atoms with Gasteiger partial charge in [-0.25, -0.2) is 15.0 Å². The summed E-state index contributed by atoms with van der Waals surface area (Å²) in [5, 5.41) is 6.80. The second kappa shape index (κ2) is 9.89. The smallest absolute Gasteiger partial charge is 0.178 e. The van der Waals surface area contributed by atoms with Gasteiger partial charge in [0.1, 0.15) is 5.69 Å². The molecule has 4 heteroatoms. The Morgan fingerprint density at radius 1 is 0.595 bits per heavy atom. The van der Waals surface area contributed by atoms with Crippen molar-refractivity contribution in [2.24, 2.45) is 0 Å². The normalized spacial score (nSPS) is 11.2. The summed E-state index contributed by atoms with van der Waals surface area (Å²) in [7, 11) is -0.774. The minimum atomic E-state index is -0.774. The van der Waals surface area contributed by atoms with Gasteiger partial charge in [-0.1, -0.05) is 116 Å². The lowest BCUT2D eigenvalue weighted by Gasteiger charge is -2.19. The maximum absolute atomic E-state index is 5.02. The van der Waals surface area contributed by atoms with Gasteiger partial charge < -0.3 is 0 Å². The van der Waals surface area contributed by atoms with Crippen LogP contribution < -0.4 is 15.9 Å². The molecule has 0 spiro atoms. The molecule has 0 saturated carbocycles. The standard InChI is InChI=1S/C33H24N3P/c1-3-23-19-20-29-31(27(23)4-2)28-17-11-12-18-30(28)36-32(29)33-34-21-26(22-35-33)37(24-13-7-5-8-14-24)25-15-9-6-10-16-25/h3-22H,1-2H2. The second-order valence-corrected chi connectivity index (χ2v) is 10.9. The number of para-hydroxylation sites is 1. The number of aromatic nitrogens is 3. The van der Waals surface area contributed by atoms with E-state index in [0.717, 1.165) is 43.8 Å². The van der Waals surface area contributed by atoms with Gasteiger partial charge in [0.2, 0.25) is 0 Å². The van der Waals surface area contributed by atoms with Crippen molar-refractivity contribution < 1.29 is 0 Å². The molecule has 2 heterocycles. The summed E-state index contributed by atoms with van der Waals surface area (Å²) in [5.74, 6) is 0.608. The first kappa shape index (κ1) is 23.0. The highest BCUT2D eigenvalue weighted by atomic mass is 31.1. The molecule has 176 valence electrons. The van der Waals surface area contributed by atoms with Crippen molar-refractivity contribution in [2.75, 3.05) is 0 Å². The van der Waals surface area contributed by atoms with E-state index in [0.29, 0.717) is 5.82 Å². The van der Waals surface area contributed by atoms with E-state index < -0.39 is 7.92 Å². The monoisotopic (exact) mass is 493 g/mol. The summed E-state index contributed by atoms with van der Waals surface area (Å²) in [6.45, 7) is 8.09. The lowest BCUT2D eigenvalue weighted by molar-refractivity contribution is 1.17. The van der Waals surface area contributed by atoms with E-state index in [-0.39, 0.29) is 0 Å². The van der Waals surface area contributed by atoms with Crippen molar-refractivity contribution in [3.63, 3.8) is 0 Å². The van der Waals surface area contributed by atoms with Crippen LogP contribution in [0.15, 0.2) is 123 Å².